The number of rotatable bonds is 3. The van der Waals surface area contributed by atoms with Crippen molar-refractivity contribution in [3.63, 3.8) is 0 Å². The summed E-state index contributed by atoms with van der Waals surface area (Å²) < 4.78 is 52.6. The van der Waals surface area contributed by atoms with Crippen molar-refractivity contribution in [1.29, 1.82) is 0 Å². The second-order valence-electron chi connectivity index (χ2n) is 6.29. The van der Waals surface area contributed by atoms with E-state index in [9.17, 15) is 17.6 Å². The van der Waals surface area contributed by atoms with Crippen LogP contribution in [0.15, 0.2) is 66.9 Å². The van der Waals surface area contributed by atoms with Crippen LogP contribution in [0.1, 0.15) is 28.7 Å². The van der Waals surface area contributed by atoms with Crippen molar-refractivity contribution in [2.75, 3.05) is 0 Å². The molecule has 1 heterocycles. The van der Waals surface area contributed by atoms with E-state index < -0.39 is 18.0 Å². The van der Waals surface area contributed by atoms with Gasteiger partial charge in [-0.1, -0.05) is 54.6 Å². The topological polar surface area (TPSA) is 25.8 Å². The molecular weight excluding hydrogens is 344 g/mol. The van der Waals surface area contributed by atoms with Gasteiger partial charge in [0.1, 0.15) is 11.9 Å². The van der Waals surface area contributed by atoms with Gasteiger partial charge in [0, 0.05) is 23.6 Å². The third kappa shape index (κ3) is 3.07. The van der Waals surface area contributed by atoms with Gasteiger partial charge in [-0.15, -0.1) is 0 Å². The average molecular weight is 358 g/mol. The molecule has 4 rings (SSSR count). The van der Waals surface area contributed by atoms with Gasteiger partial charge in [0.05, 0.1) is 0 Å². The van der Waals surface area contributed by atoms with Gasteiger partial charge in [0.2, 0.25) is 0 Å². The Hall–Kier alpha value is -2.76. The summed E-state index contributed by atoms with van der Waals surface area (Å²) >= 11 is 0. The summed E-state index contributed by atoms with van der Waals surface area (Å²) in [4.78, 5) is 7.48. The first-order valence-corrected chi connectivity index (χ1v) is 8.15. The molecule has 3 aromatic rings. The highest BCUT2D eigenvalue weighted by atomic mass is 19.4. The number of alkyl halides is 4. The van der Waals surface area contributed by atoms with Crippen LogP contribution in [0.25, 0.3) is 11.4 Å². The molecule has 2 aromatic carbocycles. The van der Waals surface area contributed by atoms with E-state index in [1.54, 1.807) is 24.3 Å². The molecule has 0 amide bonds. The fraction of sp³-hybridized carbons (Fsp3) is 0.200. The fourth-order valence-corrected chi connectivity index (χ4v) is 3.24. The molecule has 1 fully saturated rings. The van der Waals surface area contributed by atoms with Crippen LogP contribution in [0.2, 0.25) is 0 Å². The van der Waals surface area contributed by atoms with Gasteiger partial charge in [-0.25, -0.2) is 14.4 Å². The maximum absolute atomic E-state index is 14.3. The Balaban J connectivity index is 1.57. The second-order valence-corrected chi connectivity index (χ2v) is 6.29. The third-order valence-corrected chi connectivity index (χ3v) is 4.62. The van der Waals surface area contributed by atoms with E-state index >= 15 is 0 Å². The number of hydrogen-bond donors (Lipinski definition) is 0. The minimum atomic E-state index is -4.52. The minimum absolute atomic E-state index is 0.00132. The number of aromatic nitrogens is 2. The summed E-state index contributed by atoms with van der Waals surface area (Å²) in [7, 11) is 0. The second kappa shape index (κ2) is 6.20. The smallest absolute Gasteiger partial charge is 0.246 e. The highest BCUT2D eigenvalue weighted by Gasteiger charge is 2.52. The Labute approximate surface area is 147 Å². The van der Waals surface area contributed by atoms with E-state index in [1.165, 1.54) is 0 Å². The van der Waals surface area contributed by atoms with Crippen LogP contribution >= 0.6 is 0 Å². The van der Waals surface area contributed by atoms with E-state index in [1.807, 2.05) is 30.3 Å². The zero-order valence-corrected chi connectivity index (χ0v) is 13.5. The molecule has 1 saturated carbocycles. The highest BCUT2D eigenvalue weighted by molar-refractivity contribution is 5.56. The van der Waals surface area contributed by atoms with E-state index in [4.69, 9.17) is 0 Å². The predicted molar refractivity (Wildman–Crippen MR) is 89.3 cm³/mol. The number of halogens is 4. The summed E-state index contributed by atoms with van der Waals surface area (Å²) in [5.74, 6) is -0.403. The Morgan fingerprint density at radius 2 is 1.38 bits per heavy atom. The van der Waals surface area contributed by atoms with Crippen molar-refractivity contribution in [2.24, 2.45) is 0 Å². The van der Waals surface area contributed by atoms with E-state index in [-0.39, 0.29) is 17.7 Å². The zero-order valence-electron chi connectivity index (χ0n) is 13.5. The molecule has 26 heavy (non-hydrogen) atoms. The summed E-state index contributed by atoms with van der Waals surface area (Å²) in [6.07, 6.45) is -4.38. The summed E-state index contributed by atoms with van der Waals surface area (Å²) in [5, 5.41) is 0. The lowest BCUT2D eigenvalue weighted by Gasteiger charge is -2.07. The summed E-state index contributed by atoms with van der Waals surface area (Å²) in [6, 6.07) is 17.0. The van der Waals surface area contributed by atoms with E-state index in [2.05, 4.69) is 9.97 Å². The van der Waals surface area contributed by atoms with Crippen LogP contribution < -0.4 is 0 Å². The van der Waals surface area contributed by atoms with Crippen molar-refractivity contribution in [3.05, 3.63) is 83.7 Å². The standard InChI is InChI=1S/C20H14F4N2/c21-18-16(12-4-2-1-3-5-12)17(18)13-6-8-14(9-7-13)19-25-11-10-15(26-19)20(22,23)24/h1-11,16-18H/t16-,17-,18+/m1/s1. The summed E-state index contributed by atoms with van der Waals surface area (Å²) in [5.41, 5.74) is 1.26. The molecule has 0 spiro atoms. The minimum Gasteiger partial charge on any atom is -0.246 e. The van der Waals surface area contributed by atoms with Crippen LogP contribution in [0, 0.1) is 0 Å². The van der Waals surface area contributed by atoms with Crippen molar-refractivity contribution < 1.29 is 17.6 Å². The normalized spacial score (nSPS) is 22.2. The molecule has 1 aliphatic carbocycles. The maximum atomic E-state index is 14.3. The van der Waals surface area contributed by atoms with Crippen molar-refractivity contribution in [1.82, 2.24) is 9.97 Å². The molecule has 2 nitrogen and oxygen atoms in total. The van der Waals surface area contributed by atoms with Crippen molar-refractivity contribution in [3.8, 4) is 11.4 Å². The average Bonchev–Trinajstić information content (AvgIpc) is 3.33. The van der Waals surface area contributed by atoms with Gasteiger partial charge in [0.25, 0.3) is 0 Å². The fourth-order valence-electron chi connectivity index (χ4n) is 3.24. The molecule has 0 unspecified atom stereocenters. The molecular formula is C20H14F4N2. The first-order valence-electron chi connectivity index (χ1n) is 8.15. The molecule has 1 aromatic heterocycles. The highest BCUT2D eigenvalue weighted by Crippen LogP contribution is 2.57. The van der Waals surface area contributed by atoms with E-state index in [0.717, 1.165) is 23.4 Å². The van der Waals surface area contributed by atoms with Gasteiger partial charge < -0.3 is 0 Å². The van der Waals surface area contributed by atoms with Crippen LogP contribution in [0.5, 0.6) is 0 Å². The van der Waals surface area contributed by atoms with Crippen LogP contribution in [-0.4, -0.2) is 16.1 Å². The largest absolute Gasteiger partial charge is 0.433 e. The molecule has 0 saturated heterocycles. The van der Waals surface area contributed by atoms with Gasteiger partial charge in [-0.05, 0) is 17.2 Å². The molecule has 0 aliphatic heterocycles. The SMILES string of the molecule is F[C@H]1[C@H](c2ccccc2)[C@H]1c1ccc(-c2nccc(C(F)(F)F)n2)cc1. The Morgan fingerprint density at radius 1 is 0.769 bits per heavy atom. The van der Waals surface area contributed by atoms with Gasteiger partial charge in [-0.2, -0.15) is 13.2 Å². The van der Waals surface area contributed by atoms with E-state index in [0.29, 0.717) is 5.56 Å². The van der Waals surface area contributed by atoms with Crippen LogP contribution in [0.4, 0.5) is 17.6 Å². The molecule has 132 valence electrons. The lowest BCUT2D eigenvalue weighted by molar-refractivity contribution is -0.141. The molecule has 1 aliphatic rings. The number of benzene rings is 2. The maximum Gasteiger partial charge on any atom is 0.433 e. The Kier molecular flexibility index (Phi) is 3.98. The van der Waals surface area contributed by atoms with Crippen LogP contribution in [-0.2, 0) is 6.18 Å². The number of hydrogen-bond acceptors (Lipinski definition) is 2. The first-order chi connectivity index (χ1) is 12.4. The Bertz CT molecular complexity index is 907. The zero-order chi connectivity index (χ0) is 18.3. The molecule has 3 atom stereocenters. The van der Waals surface area contributed by atoms with Gasteiger partial charge >= 0.3 is 6.18 Å². The molecule has 6 heteroatoms. The van der Waals surface area contributed by atoms with Crippen molar-refractivity contribution in [2.45, 2.75) is 24.2 Å². The van der Waals surface area contributed by atoms with Crippen molar-refractivity contribution >= 4 is 0 Å². The predicted octanol–water partition coefficient (Wildman–Crippen LogP) is 5.38. The molecule has 0 bridgehead atoms. The molecule has 0 radical (unpaired) electrons. The lowest BCUT2D eigenvalue weighted by atomic mass is 10.0. The van der Waals surface area contributed by atoms with Crippen LogP contribution in [0.3, 0.4) is 0 Å². The summed E-state index contributed by atoms with van der Waals surface area (Å²) in [6.45, 7) is 0. The molecule has 0 N–H and O–H groups in total. The number of nitrogens with zero attached hydrogens (tertiary/aromatic N) is 2. The van der Waals surface area contributed by atoms with Gasteiger partial charge in [-0.3, -0.25) is 0 Å². The lowest BCUT2D eigenvalue weighted by Crippen LogP contribution is -2.08. The first kappa shape index (κ1) is 16.7. The Morgan fingerprint density at radius 3 is 2.00 bits per heavy atom. The monoisotopic (exact) mass is 358 g/mol. The third-order valence-electron chi connectivity index (χ3n) is 4.62. The van der Waals surface area contributed by atoms with Gasteiger partial charge in [0.15, 0.2) is 5.82 Å². The quantitative estimate of drug-likeness (QED) is 0.587.